The van der Waals surface area contributed by atoms with E-state index in [9.17, 15) is 17.3 Å². The number of hydrogen-bond acceptors (Lipinski definition) is 0. The minimum absolute atomic E-state index is 0.415. The molecule has 0 radical (unpaired) electrons. The van der Waals surface area contributed by atoms with Gasteiger partial charge in [0, 0.05) is 29.5 Å². The van der Waals surface area contributed by atoms with Crippen molar-refractivity contribution in [2.75, 3.05) is 0 Å². The third-order valence-corrected chi connectivity index (χ3v) is 6.57. The summed E-state index contributed by atoms with van der Waals surface area (Å²) in [6.45, 7) is 1.04. The lowest BCUT2D eigenvalue weighted by atomic mass is 9.82. The zero-order valence-corrected chi connectivity index (χ0v) is 19.5. The van der Waals surface area contributed by atoms with E-state index in [1.165, 1.54) is 44.3 Å². The number of nitrogens with zero attached hydrogens (tertiary/aromatic N) is 1. The van der Waals surface area contributed by atoms with Crippen molar-refractivity contribution in [2.24, 2.45) is 0 Å². The molecular formula is C30H24BF4N. The summed E-state index contributed by atoms with van der Waals surface area (Å²) in [7, 11) is -6.00. The molecule has 0 saturated carbocycles. The van der Waals surface area contributed by atoms with Gasteiger partial charge in [0.15, 0.2) is 6.20 Å². The van der Waals surface area contributed by atoms with Crippen LogP contribution in [-0.4, -0.2) is 7.25 Å². The van der Waals surface area contributed by atoms with E-state index >= 15 is 0 Å². The van der Waals surface area contributed by atoms with Crippen LogP contribution in [0.3, 0.4) is 0 Å². The largest absolute Gasteiger partial charge is 0.673 e. The van der Waals surface area contributed by atoms with E-state index < -0.39 is 7.25 Å². The number of benzene rings is 4. The van der Waals surface area contributed by atoms with Crippen molar-refractivity contribution >= 4 is 18.2 Å². The van der Waals surface area contributed by atoms with E-state index in [0.29, 0.717) is 5.92 Å². The highest BCUT2D eigenvalue weighted by Gasteiger charge is 2.30. The normalized spacial score (nSPS) is 14.7. The van der Waals surface area contributed by atoms with Crippen molar-refractivity contribution < 1.29 is 21.8 Å². The zero-order chi connectivity index (χ0) is 25.1. The van der Waals surface area contributed by atoms with E-state index in [0.717, 1.165) is 13.0 Å². The molecule has 6 heteroatoms. The first-order valence-corrected chi connectivity index (χ1v) is 11.9. The summed E-state index contributed by atoms with van der Waals surface area (Å²) in [4.78, 5) is 0. The fourth-order valence-corrected chi connectivity index (χ4v) is 5.09. The summed E-state index contributed by atoms with van der Waals surface area (Å²) in [5, 5.41) is 1.34. The molecule has 1 aliphatic heterocycles. The molecule has 36 heavy (non-hydrogen) atoms. The first kappa shape index (κ1) is 23.8. The Morgan fingerprint density at radius 3 is 1.81 bits per heavy atom. The Labute approximate surface area is 207 Å². The second-order valence-corrected chi connectivity index (χ2v) is 8.86. The van der Waals surface area contributed by atoms with Crippen LogP contribution in [0.1, 0.15) is 23.5 Å². The fraction of sp³-hybridized carbons (Fsp3) is 0.100. The van der Waals surface area contributed by atoms with Crippen LogP contribution in [0.2, 0.25) is 0 Å². The minimum atomic E-state index is -6.00. The van der Waals surface area contributed by atoms with Crippen LogP contribution in [0.5, 0.6) is 0 Å². The van der Waals surface area contributed by atoms with Crippen LogP contribution in [0.25, 0.3) is 33.2 Å². The maximum Gasteiger partial charge on any atom is 0.673 e. The Hall–Kier alpha value is -3.93. The SMILES string of the molecule is F[B-](F)(F)F.c1ccc(-c2cc3c4c(c2)c(-c2ccccc2)cc[n+]4CCC3c2ccccc2)cc1. The van der Waals surface area contributed by atoms with Crippen molar-refractivity contribution in [1.29, 1.82) is 0 Å². The topological polar surface area (TPSA) is 3.88 Å². The second kappa shape index (κ2) is 9.98. The van der Waals surface area contributed by atoms with Gasteiger partial charge < -0.3 is 17.3 Å². The summed E-state index contributed by atoms with van der Waals surface area (Å²) in [6, 6.07) is 39.7. The maximum atomic E-state index is 9.75. The third kappa shape index (κ3) is 5.18. The molecule has 1 nitrogen and oxygen atoms in total. The minimum Gasteiger partial charge on any atom is -0.418 e. The number of aromatic nitrogens is 1. The van der Waals surface area contributed by atoms with Crippen molar-refractivity contribution in [3.63, 3.8) is 0 Å². The molecule has 4 aromatic carbocycles. The van der Waals surface area contributed by atoms with Gasteiger partial charge in [0.1, 0.15) is 6.54 Å². The van der Waals surface area contributed by atoms with E-state index in [1.807, 2.05) is 0 Å². The molecule has 1 atom stereocenters. The standard InChI is InChI=1S/C30H24N.BF4/c1-4-10-22(11-5-1)25-20-28-26(23-12-6-2-7-13-23)16-18-31-19-17-27(29(21-25)30(28)31)24-14-8-3-9-15-24;2-1(3,4)5/h1-16,18,20-21,27H,17,19H2;/q+1;-1. The van der Waals surface area contributed by atoms with Gasteiger partial charge in [0.25, 0.3) is 0 Å². The van der Waals surface area contributed by atoms with Crippen LogP contribution in [0, 0.1) is 0 Å². The van der Waals surface area contributed by atoms with Gasteiger partial charge in [-0.15, -0.1) is 0 Å². The molecule has 6 rings (SSSR count). The Balaban J connectivity index is 0.000000489. The quantitative estimate of drug-likeness (QED) is 0.138. The van der Waals surface area contributed by atoms with Gasteiger partial charge in [-0.05, 0) is 34.4 Å². The van der Waals surface area contributed by atoms with Gasteiger partial charge in [-0.1, -0.05) is 91.0 Å². The van der Waals surface area contributed by atoms with Crippen molar-refractivity contribution in [1.82, 2.24) is 0 Å². The first-order chi connectivity index (χ1) is 17.4. The van der Waals surface area contributed by atoms with Crippen molar-refractivity contribution in [2.45, 2.75) is 18.9 Å². The molecule has 0 amide bonds. The maximum absolute atomic E-state index is 9.75. The molecule has 1 aromatic heterocycles. The molecule has 0 spiro atoms. The molecule has 2 heterocycles. The molecule has 0 bridgehead atoms. The molecule has 5 aromatic rings. The van der Waals surface area contributed by atoms with E-state index in [4.69, 9.17) is 0 Å². The summed E-state index contributed by atoms with van der Waals surface area (Å²) < 4.78 is 41.4. The van der Waals surface area contributed by atoms with Crippen molar-refractivity contribution in [3.8, 4) is 22.3 Å². The van der Waals surface area contributed by atoms with Gasteiger partial charge >= 0.3 is 7.25 Å². The summed E-state index contributed by atoms with van der Waals surface area (Å²) in [6.07, 6.45) is 3.40. The highest BCUT2D eigenvalue weighted by Crippen LogP contribution is 2.40. The van der Waals surface area contributed by atoms with Gasteiger partial charge in [0.05, 0.1) is 5.39 Å². The lowest BCUT2D eigenvalue weighted by Gasteiger charge is -2.24. The Morgan fingerprint density at radius 1 is 0.639 bits per heavy atom. The molecule has 1 aliphatic rings. The van der Waals surface area contributed by atoms with E-state index in [1.54, 1.807) is 0 Å². The van der Waals surface area contributed by atoms with Crippen LogP contribution in [0.15, 0.2) is 115 Å². The van der Waals surface area contributed by atoms with Crippen LogP contribution in [0.4, 0.5) is 17.3 Å². The molecule has 1 unspecified atom stereocenters. The smallest absolute Gasteiger partial charge is 0.418 e. The third-order valence-electron chi connectivity index (χ3n) is 6.57. The van der Waals surface area contributed by atoms with E-state index in [-0.39, 0.29) is 0 Å². The average Bonchev–Trinajstić information content (AvgIpc) is 2.89. The van der Waals surface area contributed by atoms with Crippen LogP contribution >= 0.6 is 0 Å². The molecule has 0 N–H and O–H groups in total. The van der Waals surface area contributed by atoms with E-state index in [2.05, 4.69) is 120 Å². The number of hydrogen-bond donors (Lipinski definition) is 0. The van der Waals surface area contributed by atoms with Crippen molar-refractivity contribution in [3.05, 3.63) is 127 Å². The summed E-state index contributed by atoms with van der Waals surface area (Å²) >= 11 is 0. The van der Waals surface area contributed by atoms with Crippen LogP contribution in [-0.2, 0) is 6.54 Å². The zero-order valence-electron chi connectivity index (χ0n) is 19.5. The first-order valence-electron chi connectivity index (χ1n) is 11.9. The predicted molar refractivity (Wildman–Crippen MR) is 138 cm³/mol. The number of aryl methyl sites for hydroxylation is 1. The molecule has 0 fully saturated rings. The Kier molecular flexibility index (Phi) is 6.60. The Bertz CT molecular complexity index is 1460. The average molecular weight is 485 g/mol. The molecule has 0 saturated heterocycles. The number of pyridine rings is 1. The Morgan fingerprint density at radius 2 is 1.19 bits per heavy atom. The predicted octanol–water partition coefficient (Wildman–Crippen LogP) is 8.30. The van der Waals surface area contributed by atoms with Gasteiger partial charge in [-0.2, -0.15) is 4.57 Å². The second-order valence-electron chi connectivity index (χ2n) is 8.86. The van der Waals surface area contributed by atoms with Gasteiger partial charge in [-0.25, -0.2) is 0 Å². The fourth-order valence-electron chi connectivity index (χ4n) is 5.09. The van der Waals surface area contributed by atoms with Gasteiger partial charge in [-0.3, -0.25) is 0 Å². The summed E-state index contributed by atoms with van der Waals surface area (Å²) in [5.41, 5.74) is 9.36. The highest BCUT2D eigenvalue weighted by molar-refractivity contribution is 6.50. The summed E-state index contributed by atoms with van der Waals surface area (Å²) in [5.74, 6) is 0.415. The van der Waals surface area contributed by atoms with Crippen LogP contribution < -0.4 is 4.57 Å². The van der Waals surface area contributed by atoms with Gasteiger partial charge in [0.2, 0.25) is 5.52 Å². The number of rotatable bonds is 3. The number of halogens is 4. The molecule has 180 valence electrons. The molecule has 0 aliphatic carbocycles. The molecular weight excluding hydrogens is 461 g/mol. The lowest BCUT2D eigenvalue weighted by Crippen LogP contribution is -2.39. The highest BCUT2D eigenvalue weighted by atomic mass is 19.5. The monoisotopic (exact) mass is 485 g/mol. The lowest BCUT2D eigenvalue weighted by molar-refractivity contribution is -0.674.